The maximum absolute atomic E-state index is 13.8. The Morgan fingerprint density at radius 2 is 2.24 bits per heavy atom. The third-order valence-electron chi connectivity index (χ3n) is 3.75. The Labute approximate surface area is 133 Å². The van der Waals surface area contributed by atoms with Gasteiger partial charge in [-0.25, -0.2) is 9.37 Å². The smallest absolute Gasteiger partial charge is 0.142 e. The topological polar surface area (TPSA) is 24.9 Å². The molecule has 0 saturated heterocycles. The van der Waals surface area contributed by atoms with Crippen LogP contribution in [0, 0.1) is 12.7 Å². The van der Waals surface area contributed by atoms with Gasteiger partial charge in [0.25, 0.3) is 0 Å². The second kappa shape index (κ2) is 6.03. The van der Waals surface area contributed by atoms with E-state index in [4.69, 9.17) is 16.6 Å². The fourth-order valence-electron chi connectivity index (χ4n) is 2.39. The average molecular weight is 325 g/mol. The van der Waals surface area contributed by atoms with Gasteiger partial charge < -0.3 is 5.32 Å². The molecule has 1 aromatic heterocycles. The summed E-state index contributed by atoms with van der Waals surface area (Å²) in [5.74, 6) is -0.374. The Hall–Kier alpha value is -0.970. The van der Waals surface area contributed by atoms with Crippen molar-refractivity contribution in [3.05, 3.63) is 50.2 Å². The number of hydrogen-bond donors (Lipinski definition) is 1. The van der Waals surface area contributed by atoms with E-state index in [2.05, 4.69) is 19.2 Å². The molecule has 1 atom stereocenters. The third kappa shape index (κ3) is 3.28. The van der Waals surface area contributed by atoms with Crippen LogP contribution >= 0.6 is 22.9 Å². The number of nitrogens with zero attached hydrogens (tertiary/aromatic N) is 1. The molecule has 1 N–H and O–H groups in total. The number of rotatable bonds is 5. The summed E-state index contributed by atoms with van der Waals surface area (Å²) in [6.07, 6.45) is 3.28. The van der Waals surface area contributed by atoms with Crippen LogP contribution in [0.5, 0.6) is 0 Å². The van der Waals surface area contributed by atoms with E-state index in [0.29, 0.717) is 6.04 Å². The van der Waals surface area contributed by atoms with Crippen molar-refractivity contribution in [2.75, 3.05) is 0 Å². The van der Waals surface area contributed by atoms with Gasteiger partial charge in [-0.3, -0.25) is 0 Å². The van der Waals surface area contributed by atoms with Crippen molar-refractivity contribution in [3.63, 3.8) is 0 Å². The number of hydrogen-bond acceptors (Lipinski definition) is 3. The molecule has 0 spiro atoms. The first-order valence-electron chi connectivity index (χ1n) is 7.25. The first kappa shape index (κ1) is 14.9. The molecular formula is C16H18ClFN2S. The van der Waals surface area contributed by atoms with E-state index in [1.807, 2.05) is 6.07 Å². The maximum Gasteiger partial charge on any atom is 0.142 e. The van der Waals surface area contributed by atoms with Crippen molar-refractivity contribution in [1.82, 2.24) is 10.3 Å². The summed E-state index contributed by atoms with van der Waals surface area (Å²) in [5, 5.41) is 4.75. The van der Waals surface area contributed by atoms with Crippen LogP contribution in [0.3, 0.4) is 0 Å². The average Bonchev–Trinajstić information content (AvgIpc) is 3.21. The van der Waals surface area contributed by atoms with E-state index in [1.165, 1.54) is 23.8 Å². The van der Waals surface area contributed by atoms with Crippen LogP contribution in [0.4, 0.5) is 4.39 Å². The lowest BCUT2D eigenvalue weighted by molar-refractivity contribution is 0.583. The number of nitrogens with one attached hydrogen (secondary N) is 1. The molecule has 0 aliphatic heterocycles. The molecule has 1 unspecified atom stereocenters. The lowest BCUT2D eigenvalue weighted by atomic mass is 10.1. The Morgan fingerprint density at radius 1 is 1.48 bits per heavy atom. The molecule has 0 bridgehead atoms. The van der Waals surface area contributed by atoms with Crippen LogP contribution in [-0.2, 0) is 6.42 Å². The normalized spacial score (nSPS) is 16.2. The van der Waals surface area contributed by atoms with Crippen molar-refractivity contribution >= 4 is 22.9 Å². The first-order valence-corrected chi connectivity index (χ1v) is 8.45. The molecule has 1 fully saturated rings. The number of benzene rings is 1. The summed E-state index contributed by atoms with van der Waals surface area (Å²) in [4.78, 5) is 5.98. The Balaban J connectivity index is 1.97. The van der Waals surface area contributed by atoms with Crippen LogP contribution in [0.15, 0.2) is 18.2 Å². The van der Waals surface area contributed by atoms with Crippen LogP contribution in [0.2, 0.25) is 5.02 Å². The minimum absolute atomic E-state index is 0.0479. The highest BCUT2D eigenvalue weighted by Gasteiger charge is 2.28. The number of aryl methyl sites for hydroxylation is 2. The Bertz CT molecular complexity index is 652. The Kier molecular flexibility index (Phi) is 4.29. The molecule has 5 heteroatoms. The zero-order chi connectivity index (χ0) is 15.0. The van der Waals surface area contributed by atoms with Crippen molar-refractivity contribution in [2.24, 2.45) is 0 Å². The molecule has 2 nitrogen and oxygen atoms in total. The fraction of sp³-hybridized carbons (Fsp3) is 0.438. The summed E-state index contributed by atoms with van der Waals surface area (Å²) >= 11 is 7.49. The van der Waals surface area contributed by atoms with Crippen LogP contribution < -0.4 is 5.32 Å². The molecule has 1 aliphatic rings. The summed E-state index contributed by atoms with van der Waals surface area (Å²) in [7, 11) is 0. The second-order valence-electron chi connectivity index (χ2n) is 5.46. The molecule has 0 radical (unpaired) electrons. The van der Waals surface area contributed by atoms with E-state index in [1.54, 1.807) is 17.4 Å². The first-order chi connectivity index (χ1) is 10.1. The van der Waals surface area contributed by atoms with Gasteiger partial charge in [-0.15, -0.1) is 11.3 Å². The lowest BCUT2D eigenvalue weighted by Crippen LogP contribution is -2.24. The number of halogens is 2. The highest BCUT2D eigenvalue weighted by molar-refractivity contribution is 7.11. The van der Waals surface area contributed by atoms with Gasteiger partial charge in [0.05, 0.1) is 16.8 Å². The van der Waals surface area contributed by atoms with Gasteiger partial charge in [0.1, 0.15) is 10.8 Å². The SMILES string of the molecule is CCc1nc(C(NC2CC2)c2ccc(Cl)c(F)c2)sc1C. The van der Waals surface area contributed by atoms with Gasteiger partial charge >= 0.3 is 0 Å². The predicted octanol–water partition coefficient (Wildman–Crippen LogP) is 4.65. The zero-order valence-corrected chi connectivity index (χ0v) is 13.7. The lowest BCUT2D eigenvalue weighted by Gasteiger charge is -2.17. The summed E-state index contributed by atoms with van der Waals surface area (Å²) in [6, 6.07) is 5.49. The predicted molar refractivity (Wildman–Crippen MR) is 85.6 cm³/mol. The molecule has 0 amide bonds. The van der Waals surface area contributed by atoms with E-state index in [0.717, 1.165) is 22.7 Å². The molecule has 1 heterocycles. The number of aromatic nitrogens is 1. The molecule has 112 valence electrons. The van der Waals surface area contributed by atoms with Gasteiger partial charge in [-0.05, 0) is 43.9 Å². The molecule has 2 aromatic rings. The molecule has 1 aliphatic carbocycles. The zero-order valence-electron chi connectivity index (χ0n) is 12.1. The van der Waals surface area contributed by atoms with Gasteiger partial charge in [0.15, 0.2) is 0 Å². The fourth-order valence-corrected chi connectivity index (χ4v) is 3.61. The quantitative estimate of drug-likeness (QED) is 0.866. The van der Waals surface area contributed by atoms with Crippen LogP contribution in [0.1, 0.15) is 46.9 Å². The maximum atomic E-state index is 13.8. The summed E-state index contributed by atoms with van der Waals surface area (Å²) < 4.78 is 13.8. The second-order valence-corrected chi connectivity index (χ2v) is 7.10. The third-order valence-corrected chi connectivity index (χ3v) is 5.13. The van der Waals surface area contributed by atoms with Crippen molar-refractivity contribution in [1.29, 1.82) is 0 Å². The largest absolute Gasteiger partial charge is 0.301 e. The number of thiazole rings is 1. The standard InChI is InChI=1S/C16H18ClFN2S/c1-3-14-9(2)21-16(20-14)15(19-11-5-6-11)10-4-7-12(17)13(18)8-10/h4,7-8,11,15,19H,3,5-6H2,1-2H3. The highest BCUT2D eigenvalue weighted by atomic mass is 35.5. The summed E-state index contributed by atoms with van der Waals surface area (Å²) in [5.41, 5.74) is 2.02. The van der Waals surface area contributed by atoms with E-state index < -0.39 is 0 Å². The monoisotopic (exact) mass is 324 g/mol. The molecule has 3 rings (SSSR count). The van der Waals surface area contributed by atoms with Crippen molar-refractivity contribution in [3.8, 4) is 0 Å². The molecular weight excluding hydrogens is 307 g/mol. The minimum atomic E-state index is -0.374. The Morgan fingerprint density at radius 3 is 2.81 bits per heavy atom. The van der Waals surface area contributed by atoms with Gasteiger partial charge in [0.2, 0.25) is 0 Å². The minimum Gasteiger partial charge on any atom is -0.301 e. The van der Waals surface area contributed by atoms with Crippen LogP contribution in [0.25, 0.3) is 0 Å². The molecule has 1 saturated carbocycles. The van der Waals surface area contributed by atoms with Crippen molar-refractivity contribution in [2.45, 2.75) is 45.2 Å². The van der Waals surface area contributed by atoms with Gasteiger partial charge in [-0.1, -0.05) is 24.6 Å². The van der Waals surface area contributed by atoms with E-state index in [9.17, 15) is 4.39 Å². The van der Waals surface area contributed by atoms with E-state index >= 15 is 0 Å². The van der Waals surface area contributed by atoms with Gasteiger partial charge in [-0.2, -0.15) is 0 Å². The van der Waals surface area contributed by atoms with Crippen molar-refractivity contribution < 1.29 is 4.39 Å². The summed E-state index contributed by atoms with van der Waals surface area (Å²) in [6.45, 7) is 4.20. The molecule has 21 heavy (non-hydrogen) atoms. The van der Waals surface area contributed by atoms with Gasteiger partial charge in [0, 0.05) is 10.9 Å². The van der Waals surface area contributed by atoms with Crippen LogP contribution in [-0.4, -0.2) is 11.0 Å². The highest BCUT2D eigenvalue weighted by Crippen LogP contribution is 2.33. The van der Waals surface area contributed by atoms with E-state index in [-0.39, 0.29) is 16.9 Å². The molecule has 1 aromatic carbocycles.